The van der Waals surface area contributed by atoms with Gasteiger partial charge in [0, 0.05) is 32.9 Å². The number of rotatable bonds is 2. The van der Waals surface area contributed by atoms with E-state index in [4.69, 9.17) is 8.83 Å². The molecule has 0 aliphatic carbocycles. The summed E-state index contributed by atoms with van der Waals surface area (Å²) in [6.45, 7) is 15.7. The summed E-state index contributed by atoms with van der Waals surface area (Å²) in [5, 5.41) is 9.34. The summed E-state index contributed by atoms with van der Waals surface area (Å²) in [6, 6.07) is 57.6. The van der Waals surface area contributed by atoms with Crippen molar-refractivity contribution >= 4 is 146 Å². The first-order chi connectivity index (χ1) is 33.6. The minimum atomic E-state index is -0.0423. The summed E-state index contributed by atoms with van der Waals surface area (Å²) in [5.74, 6) is 0. The third kappa shape index (κ3) is 5.26. The van der Waals surface area contributed by atoms with Gasteiger partial charge in [0.05, 0.1) is 22.7 Å². The quantitative estimate of drug-likeness (QED) is 0.162. The number of aryl methyl sites for hydroxylation is 7. The minimum Gasteiger partial charge on any atom is -0.456 e. The molecule has 3 aliphatic heterocycles. The van der Waals surface area contributed by atoms with Crippen LogP contribution >= 0.6 is 0 Å². The van der Waals surface area contributed by atoms with Crippen LogP contribution in [0, 0.1) is 48.5 Å². The molecule has 69 heavy (non-hydrogen) atoms. The molecule has 15 rings (SSSR count). The van der Waals surface area contributed by atoms with Crippen LogP contribution in [0.5, 0.6) is 0 Å². The van der Waals surface area contributed by atoms with Crippen LogP contribution in [0.4, 0.5) is 34.1 Å². The molecule has 326 valence electrons. The van der Waals surface area contributed by atoms with Gasteiger partial charge in [-0.05, 0) is 153 Å². The van der Waals surface area contributed by atoms with Gasteiger partial charge in [-0.15, -0.1) is 0 Å². The fourth-order valence-corrected chi connectivity index (χ4v) is 13.5. The van der Waals surface area contributed by atoms with Crippen molar-refractivity contribution < 1.29 is 8.83 Å². The summed E-state index contributed by atoms with van der Waals surface area (Å²) >= 11 is 0. The lowest BCUT2D eigenvalue weighted by Crippen LogP contribution is -2.61. The Hall–Kier alpha value is -7.95. The lowest BCUT2D eigenvalue weighted by atomic mass is 9.33. The van der Waals surface area contributed by atoms with Crippen molar-refractivity contribution in [1.29, 1.82) is 0 Å². The van der Waals surface area contributed by atoms with E-state index in [1.165, 1.54) is 127 Å². The molecule has 0 fully saturated rings. The molecule has 2 aromatic heterocycles. The predicted octanol–water partition coefficient (Wildman–Crippen LogP) is 12.9. The normalized spacial score (nSPS) is 13.6. The van der Waals surface area contributed by atoms with Crippen molar-refractivity contribution in [2.75, 3.05) is 9.80 Å². The number of hydrogen-bond donors (Lipinski definition) is 0. The van der Waals surface area contributed by atoms with E-state index in [0.717, 1.165) is 43.9 Å². The highest BCUT2D eigenvalue weighted by molar-refractivity contribution is 7.00. The number of furan rings is 2. The number of hydrogen-bond acceptors (Lipinski definition) is 4. The second-order valence-electron chi connectivity index (χ2n) is 20.5. The SMILES string of the molecule is Cc1cc(C)c(B2c3cc4oc5cc6ccccc6cc5c4cc3N3c4cccc5c4N(c4cc6c(cc4B5c4c(C)cc(C)cc4C)oc4cc5cc(C)ccc5cc46)c4cccc2c43)c(C)c1. The van der Waals surface area contributed by atoms with Crippen molar-refractivity contribution in [3.8, 4) is 0 Å². The Morgan fingerprint density at radius 1 is 0.319 bits per heavy atom. The molecule has 0 radical (unpaired) electrons. The number of nitrogens with zero attached hydrogens (tertiary/aromatic N) is 2. The van der Waals surface area contributed by atoms with Crippen molar-refractivity contribution in [3.05, 3.63) is 191 Å². The van der Waals surface area contributed by atoms with E-state index in [0.29, 0.717) is 0 Å². The Morgan fingerprint density at radius 3 is 1.23 bits per heavy atom. The number of anilines is 6. The summed E-state index contributed by atoms with van der Waals surface area (Å²) < 4.78 is 13.8. The molecule has 3 aliphatic rings. The van der Waals surface area contributed by atoms with Crippen LogP contribution in [0.2, 0.25) is 0 Å². The van der Waals surface area contributed by atoms with E-state index in [2.05, 4.69) is 210 Å². The predicted molar refractivity (Wildman–Crippen MR) is 294 cm³/mol. The molecule has 10 aromatic carbocycles. The van der Waals surface area contributed by atoms with Crippen LogP contribution in [0.25, 0.3) is 65.4 Å². The fourth-order valence-electron chi connectivity index (χ4n) is 13.5. The smallest absolute Gasteiger partial charge is 0.247 e. The van der Waals surface area contributed by atoms with Crippen LogP contribution in [0.1, 0.15) is 38.9 Å². The maximum atomic E-state index is 6.94. The molecular formula is C63H46B2N2O2. The standard InChI is InChI=1S/C63H46B2N2O2/c1-33-18-19-42-26-45-47-30-55-51(32-59(47)69-57(45)28-43(42)24-33)65(61-38(6)22-35(3)23-39(61)7)49-15-11-16-52-63(49)67(55)53-17-10-14-48-62(53)66(52)54-29-46-44-25-40-12-8-9-13-41(40)27-56(44)68-58(46)31-50(54)64(48)60-36(4)20-34(2)21-37(60)5/h8-32H,1-7H3. The molecule has 0 amide bonds. The molecule has 0 unspecified atom stereocenters. The van der Waals surface area contributed by atoms with Gasteiger partial charge in [0.25, 0.3) is 0 Å². The van der Waals surface area contributed by atoms with E-state index in [9.17, 15) is 0 Å². The monoisotopic (exact) mass is 884 g/mol. The van der Waals surface area contributed by atoms with Gasteiger partial charge in [-0.25, -0.2) is 0 Å². The molecule has 0 bridgehead atoms. The van der Waals surface area contributed by atoms with Crippen LogP contribution in [-0.4, -0.2) is 13.4 Å². The van der Waals surface area contributed by atoms with E-state index in [1.54, 1.807) is 0 Å². The van der Waals surface area contributed by atoms with Gasteiger partial charge in [-0.1, -0.05) is 141 Å². The molecule has 0 spiro atoms. The summed E-state index contributed by atoms with van der Waals surface area (Å²) in [6.07, 6.45) is 0. The van der Waals surface area contributed by atoms with Gasteiger partial charge >= 0.3 is 0 Å². The van der Waals surface area contributed by atoms with Crippen molar-refractivity contribution in [2.45, 2.75) is 48.5 Å². The van der Waals surface area contributed by atoms with E-state index < -0.39 is 0 Å². The summed E-state index contributed by atoms with van der Waals surface area (Å²) in [7, 11) is 0. The van der Waals surface area contributed by atoms with Crippen LogP contribution in [0.15, 0.2) is 160 Å². The van der Waals surface area contributed by atoms with E-state index in [1.807, 2.05) is 0 Å². The van der Waals surface area contributed by atoms with Crippen molar-refractivity contribution in [2.24, 2.45) is 0 Å². The van der Waals surface area contributed by atoms with Crippen molar-refractivity contribution in [3.63, 3.8) is 0 Å². The van der Waals surface area contributed by atoms with Gasteiger partial charge in [-0.3, -0.25) is 0 Å². The molecular weight excluding hydrogens is 838 g/mol. The van der Waals surface area contributed by atoms with Crippen molar-refractivity contribution in [1.82, 2.24) is 0 Å². The van der Waals surface area contributed by atoms with Gasteiger partial charge in [0.2, 0.25) is 13.4 Å². The topological polar surface area (TPSA) is 32.8 Å². The highest BCUT2D eigenvalue weighted by Crippen LogP contribution is 2.56. The van der Waals surface area contributed by atoms with Crippen LogP contribution < -0.4 is 42.6 Å². The highest BCUT2D eigenvalue weighted by Gasteiger charge is 2.47. The second-order valence-corrected chi connectivity index (χ2v) is 20.5. The summed E-state index contributed by atoms with van der Waals surface area (Å²) in [5.41, 5.74) is 27.7. The first-order valence-corrected chi connectivity index (χ1v) is 24.4. The zero-order valence-electron chi connectivity index (χ0n) is 39.8. The molecule has 5 heterocycles. The number of fused-ring (bicyclic) bond motifs is 14. The molecule has 0 saturated heterocycles. The Kier molecular flexibility index (Phi) is 7.71. The maximum Gasteiger partial charge on any atom is 0.247 e. The largest absolute Gasteiger partial charge is 0.456 e. The van der Waals surface area contributed by atoms with E-state index >= 15 is 0 Å². The third-order valence-corrected chi connectivity index (χ3v) is 16.0. The van der Waals surface area contributed by atoms with Gasteiger partial charge in [0.15, 0.2) is 0 Å². The number of para-hydroxylation sites is 2. The Balaban J connectivity index is 1.07. The Morgan fingerprint density at radius 2 is 0.739 bits per heavy atom. The Labute approximate surface area is 401 Å². The lowest BCUT2D eigenvalue weighted by Gasteiger charge is -2.49. The lowest BCUT2D eigenvalue weighted by molar-refractivity contribution is 0.669. The van der Waals surface area contributed by atoms with E-state index in [-0.39, 0.29) is 13.4 Å². The average Bonchev–Trinajstić information content (AvgIpc) is 3.85. The Bertz CT molecular complexity index is 4280. The second kappa shape index (κ2) is 13.6. The molecule has 0 saturated carbocycles. The first-order valence-electron chi connectivity index (χ1n) is 24.4. The maximum absolute atomic E-state index is 6.94. The molecule has 4 nitrogen and oxygen atoms in total. The molecule has 0 N–H and O–H groups in total. The van der Waals surface area contributed by atoms with Crippen LogP contribution in [0.3, 0.4) is 0 Å². The fraction of sp³-hybridized carbons (Fsp3) is 0.111. The van der Waals surface area contributed by atoms with Gasteiger partial charge in [0.1, 0.15) is 22.3 Å². The van der Waals surface area contributed by atoms with Crippen LogP contribution in [-0.2, 0) is 0 Å². The first kappa shape index (κ1) is 39.1. The summed E-state index contributed by atoms with van der Waals surface area (Å²) in [4.78, 5) is 5.23. The van der Waals surface area contributed by atoms with Gasteiger partial charge < -0.3 is 18.6 Å². The minimum absolute atomic E-state index is 0.0414. The third-order valence-electron chi connectivity index (χ3n) is 16.0. The average molecular weight is 885 g/mol. The number of benzene rings is 10. The molecule has 0 atom stereocenters. The zero-order valence-corrected chi connectivity index (χ0v) is 39.8. The molecule has 6 heteroatoms. The molecule has 12 aromatic rings. The highest BCUT2D eigenvalue weighted by atomic mass is 16.3. The van der Waals surface area contributed by atoms with Gasteiger partial charge in [-0.2, -0.15) is 0 Å². The zero-order chi connectivity index (χ0) is 46.3.